The number of fused-ring (bicyclic) bond motifs is 2. The first-order chi connectivity index (χ1) is 12.9. The molecular formula is C22H21F4N. The fraction of sp³-hybridized carbons (Fsp3) is 0.364. The average Bonchev–Trinajstić information content (AvgIpc) is 2.62. The molecule has 0 spiro atoms. The second kappa shape index (κ2) is 7.12. The largest absolute Gasteiger partial charge is 0.419 e. The van der Waals surface area contributed by atoms with Crippen molar-refractivity contribution >= 4 is 5.57 Å². The van der Waals surface area contributed by atoms with Gasteiger partial charge in [-0.3, -0.25) is 4.90 Å². The Balaban J connectivity index is 1.63. The fourth-order valence-corrected chi connectivity index (χ4v) is 4.31. The molecule has 1 saturated heterocycles. The summed E-state index contributed by atoms with van der Waals surface area (Å²) >= 11 is 0. The highest BCUT2D eigenvalue weighted by Gasteiger charge is 2.37. The Morgan fingerprint density at radius 3 is 2.48 bits per heavy atom. The smallest absolute Gasteiger partial charge is 0.289 e. The van der Waals surface area contributed by atoms with Crippen molar-refractivity contribution in [3.05, 3.63) is 77.1 Å². The van der Waals surface area contributed by atoms with E-state index in [9.17, 15) is 17.6 Å². The van der Waals surface area contributed by atoms with Crippen molar-refractivity contribution in [3.63, 3.8) is 0 Å². The summed E-state index contributed by atoms with van der Waals surface area (Å²) in [6.07, 6.45) is 1.28. The van der Waals surface area contributed by atoms with Crippen LogP contribution in [0.3, 0.4) is 0 Å². The van der Waals surface area contributed by atoms with Crippen LogP contribution in [0.5, 0.6) is 0 Å². The van der Waals surface area contributed by atoms with E-state index in [1.165, 1.54) is 11.6 Å². The maximum Gasteiger partial charge on any atom is 0.419 e. The lowest BCUT2D eigenvalue weighted by atomic mass is 9.82. The van der Waals surface area contributed by atoms with Crippen molar-refractivity contribution in [3.8, 4) is 0 Å². The number of hydrogen-bond acceptors (Lipinski definition) is 1. The molecule has 0 aromatic heterocycles. The van der Waals surface area contributed by atoms with Crippen LogP contribution in [0.4, 0.5) is 17.6 Å². The van der Waals surface area contributed by atoms with Crippen molar-refractivity contribution in [1.82, 2.24) is 4.90 Å². The molecule has 0 aliphatic carbocycles. The molecule has 27 heavy (non-hydrogen) atoms. The van der Waals surface area contributed by atoms with Crippen LogP contribution < -0.4 is 0 Å². The van der Waals surface area contributed by atoms with E-state index in [1.807, 2.05) is 18.2 Å². The Morgan fingerprint density at radius 2 is 1.78 bits per heavy atom. The van der Waals surface area contributed by atoms with Crippen molar-refractivity contribution in [2.24, 2.45) is 0 Å². The van der Waals surface area contributed by atoms with Gasteiger partial charge in [0.25, 0.3) is 0 Å². The molecule has 1 nitrogen and oxygen atoms in total. The molecule has 2 atom stereocenters. The van der Waals surface area contributed by atoms with Gasteiger partial charge < -0.3 is 0 Å². The molecule has 0 saturated carbocycles. The van der Waals surface area contributed by atoms with Crippen LogP contribution in [0.25, 0.3) is 5.57 Å². The number of hydrogen-bond donors (Lipinski definition) is 0. The molecule has 0 radical (unpaired) electrons. The van der Waals surface area contributed by atoms with Crippen LogP contribution >= 0.6 is 0 Å². The van der Waals surface area contributed by atoms with Crippen molar-refractivity contribution in [2.45, 2.75) is 50.5 Å². The molecule has 0 N–H and O–H groups in total. The van der Waals surface area contributed by atoms with Crippen LogP contribution in [0.2, 0.25) is 0 Å². The summed E-state index contributed by atoms with van der Waals surface area (Å²) in [7, 11) is 0. The molecule has 142 valence electrons. The summed E-state index contributed by atoms with van der Waals surface area (Å²) in [6, 6.07) is 14.1. The molecular weight excluding hydrogens is 354 g/mol. The molecule has 4 rings (SSSR count). The van der Waals surface area contributed by atoms with Gasteiger partial charge in [-0.05, 0) is 48.1 Å². The number of alkyl halides is 3. The number of nitrogens with zero attached hydrogens (tertiary/aromatic N) is 1. The third-order valence-electron chi connectivity index (χ3n) is 5.63. The molecule has 2 aromatic carbocycles. The summed E-state index contributed by atoms with van der Waals surface area (Å²) in [5.74, 6) is -1.21. The van der Waals surface area contributed by atoms with Gasteiger partial charge in [0.15, 0.2) is 0 Å². The Hall–Kier alpha value is -2.14. The number of rotatable bonds is 3. The van der Waals surface area contributed by atoms with Gasteiger partial charge in [0.2, 0.25) is 0 Å². The first kappa shape index (κ1) is 18.2. The minimum atomic E-state index is -4.68. The molecule has 2 aromatic rings. The van der Waals surface area contributed by atoms with Gasteiger partial charge in [-0.25, -0.2) is 4.39 Å². The Kier molecular flexibility index (Phi) is 4.81. The molecule has 2 aliphatic rings. The maximum atomic E-state index is 13.6. The minimum absolute atomic E-state index is 0.215. The second-order valence-electron chi connectivity index (χ2n) is 7.40. The predicted octanol–water partition coefficient (Wildman–Crippen LogP) is 6.05. The third kappa shape index (κ3) is 3.79. The van der Waals surface area contributed by atoms with E-state index in [0.29, 0.717) is 18.0 Å². The lowest BCUT2D eigenvalue weighted by Gasteiger charge is -2.45. The number of halogens is 4. The number of benzene rings is 2. The van der Waals surface area contributed by atoms with Crippen LogP contribution in [-0.2, 0) is 12.7 Å². The molecule has 2 bridgehead atoms. The monoisotopic (exact) mass is 375 g/mol. The SMILES string of the molecule is Fc1ccc(C2=CC3CCCC(C2)N3Cc2ccccc2)cc1C(F)(F)F. The van der Waals surface area contributed by atoms with E-state index >= 15 is 0 Å². The van der Waals surface area contributed by atoms with Crippen LogP contribution in [0.1, 0.15) is 42.4 Å². The van der Waals surface area contributed by atoms with E-state index in [2.05, 4.69) is 23.1 Å². The van der Waals surface area contributed by atoms with Crippen LogP contribution in [0, 0.1) is 5.82 Å². The summed E-state index contributed by atoms with van der Waals surface area (Å²) in [5.41, 5.74) is 1.45. The maximum absolute atomic E-state index is 13.6. The zero-order valence-electron chi connectivity index (χ0n) is 14.8. The summed E-state index contributed by atoms with van der Waals surface area (Å²) < 4.78 is 52.8. The van der Waals surface area contributed by atoms with Gasteiger partial charge in [-0.1, -0.05) is 48.9 Å². The molecule has 2 aliphatic heterocycles. The van der Waals surface area contributed by atoms with Crippen molar-refractivity contribution in [1.29, 1.82) is 0 Å². The fourth-order valence-electron chi connectivity index (χ4n) is 4.31. The van der Waals surface area contributed by atoms with Gasteiger partial charge in [0.1, 0.15) is 5.82 Å². The quantitative estimate of drug-likeness (QED) is 0.590. The number of piperidine rings is 1. The first-order valence-corrected chi connectivity index (χ1v) is 9.29. The zero-order chi connectivity index (χ0) is 19.0. The third-order valence-corrected chi connectivity index (χ3v) is 5.63. The van der Waals surface area contributed by atoms with Gasteiger partial charge in [-0.15, -0.1) is 0 Å². The summed E-state index contributed by atoms with van der Waals surface area (Å²) in [6.45, 7) is 0.844. The zero-order valence-corrected chi connectivity index (χ0v) is 14.8. The summed E-state index contributed by atoms with van der Waals surface area (Å²) in [4.78, 5) is 2.45. The second-order valence-corrected chi connectivity index (χ2v) is 7.40. The standard InChI is InChI=1S/C22H21F4N/c23-21-10-9-16(13-20(21)22(24,25)26)17-11-18-7-4-8-19(12-17)27(18)14-15-5-2-1-3-6-15/h1-3,5-6,9-11,13,18-19H,4,7-8,12,14H2. The van der Waals surface area contributed by atoms with Gasteiger partial charge in [0, 0.05) is 18.6 Å². The molecule has 5 heteroatoms. The van der Waals surface area contributed by atoms with E-state index in [0.717, 1.165) is 43.5 Å². The van der Waals surface area contributed by atoms with E-state index < -0.39 is 17.6 Å². The van der Waals surface area contributed by atoms with Gasteiger partial charge in [-0.2, -0.15) is 13.2 Å². The van der Waals surface area contributed by atoms with Crippen molar-refractivity contribution < 1.29 is 17.6 Å². The van der Waals surface area contributed by atoms with Crippen LogP contribution in [-0.4, -0.2) is 17.0 Å². The van der Waals surface area contributed by atoms with Crippen molar-refractivity contribution in [2.75, 3.05) is 0 Å². The highest BCUT2D eigenvalue weighted by atomic mass is 19.4. The van der Waals surface area contributed by atoms with Crippen LogP contribution in [0.15, 0.2) is 54.6 Å². The van der Waals surface area contributed by atoms with Gasteiger partial charge >= 0.3 is 6.18 Å². The van der Waals surface area contributed by atoms with E-state index in [-0.39, 0.29) is 6.04 Å². The Labute approximate surface area is 156 Å². The lowest BCUT2D eigenvalue weighted by Crippen LogP contribution is -2.47. The summed E-state index contributed by atoms with van der Waals surface area (Å²) in [5, 5.41) is 0. The minimum Gasteiger partial charge on any atom is -0.289 e. The Bertz CT molecular complexity index is 841. The molecule has 2 unspecified atom stereocenters. The highest BCUT2D eigenvalue weighted by molar-refractivity contribution is 5.68. The lowest BCUT2D eigenvalue weighted by molar-refractivity contribution is -0.140. The highest BCUT2D eigenvalue weighted by Crippen LogP contribution is 2.40. The first-order valence-electron chi connectivity index (χ1n) is 9.29. The van der Waals surface area contributed by atoms with E-state index in [1.54, 1.807) is 0 Å². The molecule has 2 heterocycles. The van der Waals surface area contributed by atoms with E-state index in [4.69, 9.17) is 0 Å². The topological polar surface area (TPSA) is 3.24 Å². The molecule has 1 fully saturated rings. The molecule has 0 amide bonds. The Morgan fingerprint density at radius 1 is 1.00 bits per heavy atom. The average molecular weight is 375 g/mol. The predicted molar refractivity (Wildman–Crippen MR) is 97.4 cm³/mol. The van der Waals surface area contributed by atoms with Gasteiger partial charge in [0.05, 0.1) is 5.56 Å². The normalized spacial score (nSPS) is 23.2.